The first-order valence-electron chi connectivity index (χ1n) is 11.1. The van der Waals surface area contributed by atoms with E-state index in [-0.39, 0.29) is 13.1 Å². The first-order chi connectivity index (χ1) is 15.6. The smallest absolute Gasteiger partial charge is 0.496 e. The summed E-state index contributed by atoms with van der Waals surface area (Å²) in [5.41, 5.74) is -0.332. The molecule has 0 bridgehead atoms. The third-order valence-electron chi connectivity index (χ3n) is 6.72. The van der Waals surface area contributed by atoms with Crippen LogP contribution in [0.1, 0.15) is 46.6 Å². The van der Waals surface area contributed by atoms with Gasteiger partial charge in [-0.05, 0) is 72.5 Å². The van der Waals surface area contributed by atoms with Crippen LogP contribution in [-0.4, -0.2) is 50.4 Å². The van der Waals surface area contributed by atoms with E-state index in [0.29, 0.717) is 21.4 Å². The number of benzene rings is 2. The van der Waals surface area contributed by atoms with E-state index in [9.17, 15) is 21.6 Å². The Morgan fingerprint density at radius 2 is 1.91 bits per heavy atom. The number of alkyl halides is 3. The SMILES string of the molecule is COc1cccc2c1CCC[C@H]2CN(C)CCc1ccc2c(c1)CN(S(=O)(=O)C(F)(F)F)C2. The van der Waals surface area contributed by atoms with Gasteiger partial charge in [0.1, 0.15) is 5.75 Å². The number of hydrogen-bond acceptors (Lipinski definition) is 4. The second kappa shape index (κ2) is 9.27. The topological polar surface area (TPSA) is 49.9 Å². The van der Waals surface area contributed by atoms with Crippen LogP contribution in [0.3, 0.4) is 0 Å². The molecular weight excluding hydrogens is 453 g/mol. The summed E-state index contributed by atoms with van der Waals surface area (Å²) in [7, 11) is -1.52. The average molecular weight is 483 g/mol. The Bertz CT molecular complexity index is 1120. The van der Waals surface area contributed by atoms with Gasteiger partial charge in [0.2, 0.25) is 0 Å². The molecule has 1 atom stereocenters. The average Bonchev–Trinajstić information content (AvgIpc) is 3.21. The molecule has 2 aliphatic rings. The van der Waals surface area contributed by atoms with Gasteiger partial charge < -0.3 is 9.64 Å². The van der Waals surface area contributed by atoms with Crippen molar-refractivity contribution in [3.63, 3.8) is 0 Å². The molecule has 33 heavy (non-hydrogen) atoms. The van der Waals surface area contributed by atoms with Crippen molar-refractivity contribution in [3.8, 4) is 5.75 Å². The third-order valence-corrected chi connectivity index (χ3v) is 8.24. The summed E-state index contributed by atoms with van der Waals surface area (Å²) in [5, 5.41) is 0. The van der Waals surface area contributed by atoms with Crippen LogP contribution in [-0.2, 0) is 36.0 Å². The lowest BCUT2D eigenvalue weighted by Crippen LogP contribution is -2.37. The fourth-order valence-electron chi connectivity index (χ4n) is 4.97. The van der Waals surface area contributed by atoms with Crippen LogP contribution < -0.4 is 4.74 Å². The van der Waals surface area contributed by atoms with Gasteiger partial charge in [0.15, 0.2) is 0 Å². The van der Waals surface area contributed by atoms with E-state index < -0.39 is 15.5 Å². The Labute approximate surface area is 193 Å². The molecule has 9 heteroatoms. The molecule has 1 aliphatic carbocycles. The van der Waals surface area contributed by atoms with Crippen LogP contribution in [0.5, 0.6) is 5.75 Å². The summed E-state index contributed by atoms with van der Waals surface area (Å²) < 4.78 is 68.1. The number of ether oxygens (including phenoxy) is 1. The molecule has 0 radical (unpaired) electrons. The molecule has 2 aromatic carbocycles. The van der Waals surface area contributed by atoms with Crippen molar-refractivity contribution in [2.45, 2.75) is 50.2 Å². The molecule has 1 aliphatic heterocycles. The molecule has 0 spiro atoms. The van der Waals surface area contributed by atoms with Crippen molar-refractivity contribution < 1.29 is 26.3 Å². The molecule has 0 amide bonds. The van der Waals surface area contributed by atoms with Crippen molar-refractivity contribution in [3.05, 3.63) is 64.2 Å². The first-order valence-corrected chi connectivity index (χ1v) is 12.6. The van der Waals surface area contributed by atoms with E-state index in [4.69, 9.17) is 4.74 Å². The maximum atomic E-state index is 12.9. The van der Waals surface area contributed by atoms with E-state index in [1.165, 1.54) is 11.1 Å². The van der Waals surface area contributed by atoms with E-state index in [2.05, 4.69) is 18.0 Å². The Hall–Kier alpha value is -2.10. The van der Waals surface area contributed by atoms with Gasteiger partial charge >= 0.3 is 15.5 Å². The van der Waals surface area contributed by atoms with Gasteiger partial charge in [-0.25, -0.2) is 8.42 Å². The molecule has 0 saturated heterocycles. The fourth-order valence-corrected chi connectivity index (χ4v) is 5.88. The van der Waals surface area contributed by atoms with Crippen LogP contribution in [0.2, 0.25) is 0 Å². The van der Waals surface area contributed by atoms with Crippen LogP contribution >= 0.6 is 0 Å². The second-order valence-corrected chi connectivity index (χ2v) is 10.9. The van der Waals surface area contributed by atoms with E-state index >= 15 is 0 Å². The lowest BCUT2D eigenvalue weighted by molar-refractivity contribution is -0.0490. The summed E-state index contributed by atoms with van der Waals surface area (Å²) in [6, 6.07) is 11.7. The number of likely N-dealkylation sites (N-methyl/N-ethyl adjacent to an activating group) is 1. The minimum absolute atomic E-state index is 0.234. The van der Waals surface area contributed by atoms with Crippen LogP contribution in [0.25, 0.3) is 0 Å². The lowest BCUT2D eigenvalue weighted by atomic mass is 9.82. The van der Waals surface area contributed by atoms with Gasteiger partial charge in [-0.15, -0.1) is 0 Å². The van der Waals surface area contributed by atoms with E-state index in [1.54, 1.807) is 13.2 Å². The summed E-state index contributed by atoms with van der Waals surface area (Å²) in [6.45, 7) is 1.26. The predicted octanol–water partition coefficient (Wildman–Crippen LogP) is 4.45. The molecule has 180 valence electrons. The molecule has 0 aromatic heterocycles. The maximum absolute atomic E-state index is 12.9. The molecule has 5 nitrogen and oxygen atoms in total. The van der Waals surface area contributed by atoms with Crippen molar-refractivity contribution in [2.24, 2.45) is 0 Å². The summed E-state index contributed by atoms with van der Waals surface area (Å²) in [4.78, 5) is 2.28. The van der Waals surface area contributed by atoms with Crippen LogP contribution in [0.15, 0.2) is 36.4 Å². The highest BCUT2D eigenvalue weighted by Crippen LogP contribution is 2.37. The molecule has 0 N–H and O–H groups in total. The van der Waals surface area contributed by atoms with Crippen molar-refractivity contribution >= 4 is 10.0 Å². The Kier molecular flexibility index (Phi) is 6.75. The zero-order chi connectivity index (χ0) is 23.8. The minimum atomic E-state index is -5.31. The minimum Gasteiger partial charge on any atom is -0.496 e. The molecule has 0 saturated carbocycles. The monoisotopic (exact) mass is 482 g/mol. The molecular formula is C24H29F3N2O3S. The van der Waals surface area contributed by atoms with Gasteiger partial charge in [-0.2, -0.15) is 17.5 Å². The third kappa shape index (κ3) is 4.90. The van der Waals surface area contributed by atoms with Gasteiger partial charge in [-0.1, -0.05) is 30.3 Å². The number of sulfonamides is 1. The highest BCUT2D eigenvalue weighted by molar-refractivity contribution is 7.89. The summed E-state index contributed by atoms with van der Waals surface area (Å²) in [6.07, 6.45) is 4.05. The van der Waals surface area contributed by atoms with Crippen LogP contribution in [0, 0.1) is 0 Å². The van der Waals surface area contributed by atoms with Crippen molar-refractivity contribution in [1.82, 2.24) is 9.21 Å². The lowest BCUT2D eigenvalue weighted by Gasteiger charge is -2.30. The number of hydrogen-bond donors (Lipinski definition) is 0. The highest BCUT2D eigenvalue weighted by Gasteiger charge is 2.51. The summed E-state index contributed by atoms with van der Waals surface area (Å²) in [5.74, 6) is 1.40. The molecule has 2 aromatic rings. The Morgan fingerprint density at radius 1 is 1.15 bits per heavy atom. The highest BCUT2D eigenvalue weighted by atomic mass is 32.2. The van der Waals surface area contributed by atoms with Gasteiger partial charge in [0.05, 0.1) is 7.11 Å². The van der Waals surface area contributed by atoms with Crippen molar-refractivity contribution in [1.29, 1.82) is 0 Å². The zero-order valence-corrected chi connectivity index (χ0v) is 19.7. The van der Waals surface area contributed by atoms with Gasteiger partial charge in [-0.3, -0.25) is 0 Å². The molecule has 0 fully saturated rings. The summed E-state index contributed by atoms with van der Waals surface area (Å²) >= 11 is 0. The predicted molar refractivity (Wildman–Crippen MR) is 121 cm³/mol. The van der Waals surface area contributed by atoms with E-state index in [0.717, 1.165) is 50.1 Å². The standard InChI is InChI=1S/C24H29F3N2O3S/c1-28(14-19-5-3-7-22-21(19)6-4-8-23(22)32-2)12-11-17-9-10-18-15-29(16-20(18)13-17)33(30,31)24(25,26)27/h4,6,8-10,13,19H,3,5,7,11-12,14-16H2,1-2H3/t19-/m0/s1. The Morgan fingerprint density at radius 3 is 2.64 bits per heavy atom. The normalized spacial score (nSPS) is 18.9. The van der Waals surface area contributed by atoms with Crippen molar-refractivity contribution in [2.75, 3.05) is 27.2 Å². The number of fused-ring (bicyclic) bond motifs is 2. The van der Waals surface area contributed by atoms with Gasteiger partial charge in [0.25, 0.3) is 0 Å². The maximum Gasteiger partial charge on any atom is 0.511 e. The number of rotatable bonds is 7. The number of nitrogens with zero attached hydrogens (tertiary/aromatic N) is 2. The largest absolute Gasteiger partial charge is 0.511 e. The van der Waals surface area contributed by atoms with E-state index in [1.807, 2.05) is 24.3 Å². The number of halogens is 3. The second-order valence-electron chi connectivity index (χ2n) is 8.95. The molecule has 1 heterocycles. The first kappa shape index (κ1) is 24.0. The quantitative estimate of drug-likeness (QED) is 0.585. The fraction of sp³-hybridized carbons (Fsp3) is 0.500. The number of methoxy groups -OCH3 is 1. The molecule has 4 rings (SSSR count). The zero-order valence-electron chi connectivity index (χ0n) is 18.9. The van der Waals surface area contributed by atoms with Crippen LogP contribution in [0.4, 0.5) is 13.2 Å². The molecule has 0 unspecified atom stereocenters. The Balaban J connectivity index is 1.37. The van der Waals surface area contributed by atoms with Gasteiger partial charge in [0, 0.05) is 26.2 Å².